The van der Waals surface area contributed by atoms with E-state index >= 15 is 0 Å². The summed E-state index contributed by atoms with van der Waals surface area (Å²) in [7, 11) is 0. The van der Waals surface area contributed by atoms with Crippen molar-refractivity contribution >= 4 is 11.6 Å². The molecule has 0 spiro atoms. The minimum atomic E-state index is -0.455. The number of rotatable bonds is 2. The second-order valence-corrected chi connectivity index (χ2v) is 5.80. The zero-order valence-corrected chi connectivity index (χ0v) is 10.9. The Kier molecular flexibility index (Phi) is 2.54. The third-order valence-corrected chi connectivity index (χ3v) is 3.66. The van der Waals surface area contributed by atoms with Crippen LogP contribution >= 0.6 is 0 Å². The first-order valence-electron chi connectivity index (χ1n) is 5.96. The maximum absolute atomic E-state index is 12.6. The molecule has 2 N–H and O–H groups in total. The minimum Gasteiger partial charge on any atom is -0.328 e. The van der Waals surface area contributed by atoms with Crippen LogP contribution in [0.4, 0.5) is 5.69 Å². The number of amides is 1. The molecule has 0 aliphatic carbocycles. The predicted octanol–water partition coefficient (Wildman–Crippen LogP) is 2.05. The maximum Gasteiger partial charge on any atom is 0.237 e. The molecule has 1 aliphatic heterocycles. The number of anilines is 1. The van der Waals surface area contributed by atoms with Gasteiger partial charge in [0.15, 0.2) is 0 Å². The standard InChI is InChI=1S/C14H20N2O/c1-13(2,9-15)16-11-8-6-5-7-10(11)14(3,4)12(16)17/h5-8H,9,15H2,1-4H3. The Bertz CT molecular complexity index is 463. The summed E-state index contributed by atoms with van der Waals surface area (Å²) in [6.07, 6.45) is 0. The highest BCUT2D eigenvalue weighted by atomic mass is 16.2. The van der Waals surface area contributed by atoms with Crippen molar-refractivity contribution in [3.05, 3.63) is 29.8 Å². The molecular weight excluding hydrogens is 212 g/mol. The summed E-state index contributed by atoms with van der Waals surface area (Å²) in [5, 5.41) is 0. The van der Waals surface area contributed by atoms with Gasteiger partial charge in [0, 0.05) is 12.2 Å². The van der Waals surface area contributed by atoms with E-state index < -0.39 is 5.41 Å². The van der Waals surface area contributed by atoms with Gasteiger partial charge in [-0.2, -0.15) is 0 Å². The van der Waals surface area contributed by atoms with Crippen LogP contribution in [-0.2, 0) is 10.2 Å². The molecule has 0 saturated heterocycles. The molecule has 1 heterocycles. The van der Waals surface area contributed by atoms with Crippen LogP contribution in [0.5, 0.6) is 0 Å². The molecule has 1 aromatic rings. The lowest BCUT2D eigenvalue weighted by atomic mass is 9.86. The van der Waals surface area contributed by atoms with Crippen LogP contribution in [0.2, 0.25) is 0 Å². The molecule has 17 heavy (non-hydrogen) atoms. The van der Waals surface area contributed by atoms with E-state index in [1.807, 2.05) is 56.9 Å². The third-order valence-electron chi connectivity index (χ3n) is 3.66. The fraction of sp³-hybridized carbons (Fsp3) is 0.500. The highest BCUT2D eigenvalue weighted by Gasteiger charge is 2.48. The summed E-state index contributed by atoms with van der Waals surface area (Å²) in [5.74, 6) is 0.133. The van der Waals surface area contributed by atoms with Gasteiger partial charge in [0.25, 0.3) is 0 Å². The second-order valence-electron chi connectivity index (χ2n) is 5.80. The number of nitrogens with two attached hydrogens (primary N) is 1. The van der Waals surface area contributed by atoms with E-state index in [1.54, 1.807) is 0 Å². The highest BCUT2D eigenvalue weighted by molar-refractivity contribution is 6.08. The average Bonchev–Trinajstić information content (AvgIpc) is 2.49. The number of fused-ring (bicyclic) bond motifs is 1. The second kappa shape index (κ2) is 3.57. The largest absolute Gasteiger partial charge is 0.328 e. The number of para-hydroxylation sites is 1. The molecule has 92 valence electrons. The van der Waals surface area contributed by atoms with E-state index in [9.17, 15) is 4.79 Å². The lowest BCUT2D eigenvalue weighted by Gasteiger charge is -2.36. The normalized spacial score (nSPS) is 18.4. The molecule has 3 nitrogen and oxygen atoms in total. The van der Waals surface area contributed by atoms with Crippen molar-refractivity contribution in [2.45, 2.75) is 38.6 Å². The molecule has 1 aromatic carbocycles. The Hall–Kier alpha value is -1.35. The molecule has 1 amide bonds. The van der Waals surface area contributed by atoms with Crippen LogP contribution in [0.3, 0.4) is 0 Å². The van der Waals surface area contributed by atoms with Crippen molar-refractivity contribution < 1.29 is 4.79 Å². The molecule has 0 saturated carbocycles. The zero-order valence-electron chi connectivity index (χ0n) is 10.9. The van der Waals surface area contributed by atoms with E-state index in [4.69, 9.17) is 5.73 Å². The van der Waals surface area contributed by atoms with Gasteiger partial charge in [0.05, 0.1) is 11.0 Å². The first-order valence-corrected chi connectivity index (χ1v) is 5.96. The van der Waals surface area contributed by atoms with Crippen LogP contribution in [0.1, 0.15) is 33.3 Å². The summed E-state index contributed by atoms with van der Waals surface area (Å²) in [6.45, 7) is 8.40. The molecular formula is C14H20N2O. The quantitative estimate of drug-likeness (QED) is 0.848. The first kappa shape index (κ1) is 12.1. The van der Waals surface area contributed by atoms with Gasteiger partial charge in [-0.05, 0) is 39.3 Å². The lowest BCUT2D eigenvalue weighted by Crippen LogP contribution is -2.53. The summed E-state index contributed by atoms with van der Waals surface area (Å²) >= 11 is 0. The zero-order chi connectivity index (χ0) is 12.8. The average molecular weight is 232 g/mol. The van der Waals surface area contributed by atoms with E-state index in [1.165, 1.54) is 0 Å². The first-order chi connectivity index (χ1) is 7.82. The SMILES string of the molecule is CC1(C)C(=O)N(C(C)(C)CN)c2ccccc21. The Morgan fingerprint density at radius 3 is 2.47 bits per heavy atom. The predicted molar refractivity (Wildman–Crippen MR) is 70.1 cm³/mol. The number of carbonyl (C=O) groups excluding carboxylic acids is 1. The molecule has 0 fully saturated rings. The third kappa shape index (κ3) is 1.57. The van der Waals surface area contributed by atoms with Gasteiger partial charge >= 0.3 is 0 Å². The maximum atomic E-state index is 12.6. The Morgan fingerprint density at radius 2 is 1.88 bits per heavy atom. The Morgan fingerprint density at radius 1 is 1.29 bits per heavy atom. The van der Waals surface area contributed by atoms with Crippen LogP contribution in [0.25, 0.3) is 0 Å². The van der Waals surface area contributed by atoms with Crippen LogP contribution in [0, 0.1) is 0 Å². The summed E-state index contributed by atoms with van der Waals surface area (Å²) in [4.78, 5) is 14.4. The van der Waals surface area contributed by atoms with E-state index in [-0.39, 0.29) is 11.4 Å². The number of benzene rings is 1. The topological polar surface area (TPSA) is 46.3 Å². The minimum absolute atomic E-state index is 0.133. The Balaban J connectivity index is 2.62. The fourth-order valence-corrected chi connectivity index (χ4v) is 2.39. The lowest BCUT2D eigenvalue weighted by molar-refractivity contribution is -0.123. The molecule has 1 aliphatic rings. The molecule has 0 bridgehead atoms. The summed E-state index contributed by atoms with van der Waals surface area (Å²) < 4.78 is 0. The van der Waals surface area contributed by atoms with Crippen molar-refractivity contribution in [1.82, 2.24) is 0 Å². The Labute approximate surface area is 103 Å². The number of hydrogen-bond donors (Lipinski definition) is 1. The number of hydrogen-bond acceptors (Lipinski definition) is 2. The van der Waals surface area contributed by atoms with Gasteiger partial charge in [0.1, 0.15) is 0 Å². The fourth-order valence-electron chi connectivity index (χ4n) is 2.39. The van der Waals surface area contributed by atoms with Gasteiger partial charge in [-0.1, -0.05) is 18.2 Å². The highest BCUT2D eigenvalue weighted by Crippen LogP contribution is 2.44. The van der Waals surface area contributed by atoms with Gasteiger partial charge in [-0.15, -0.1) is 0 Å². The molecule has 0 atom stereocenters. The monoisotopic (exact) mass is 232 g/mol. The summed E-state index contributed by atoms with van der Waals surface area (Å²) in [6, 6.07) is 7.97. The molecule has 3 heteroatoms. The smallest absolute Gasteiger partial charge is 0.237 e. The molecule has 0 radical (unpaired) electrons. The van der Waals surface area contributed by atoms with Crippen LogP contribution in [0.15, 0.2) is 24.3 Å². The van der Waals surface area contributed by atoms with Gasteiger partial charge < -0.3 is 10.6 Å². The van der Waals surface area contributed by atoms with E-state index in [0.29, 0.717) is 6.54 Å². The number of carbonyl (C=O) groups is 1. The summed E-state index contributed by atoms with van der Waals surface area (Å²) in [5.41, 5.74) is 7.09. The van der Waals surface area contributed by atoms with Crippen molar-refractivity contribution in [1.29, 1.82) is 0 Å². The van der Waals surface area contributed by atoms with E-state index in [2.05, 4.69) is 0 Å². The van der Waals surface area contributed by atoms with Crippen LogP contribution < -0.4 is 10.6 Å². The van der Waals surface area contributed by atoms with Gasteiger partial charge in [0.2, 0.25) is 5.91 Å². The van der Waals surface area contributed by atoms with E-state index in [0.717, 1.165) is 11.3 Å². The molecule has 0 aromatic heterocycles. The van der Waals surface area contributed by atoms with Crippen molar-refractivity contribution in [2.75, 3.05) is 11.4 Å². The molecule has 0 unspecified atom stereocenters. The van der Waals surface area contributed by atoms with Crippen molar-refractivity contribution in [2.24, 2.45) is 5.73 Å². The van der Waals surface area contributed by atoms with Crippen LogP contribution in [-0.4, -0.2) is 18.0 Å². The number of nitrogens with zero attached hydrogens (tertiary/aromatic N) is 1. The molecule has 2 rings (SSSR count). The van der Waals surface area contributed by atoms with Gasteiger partial charge in [-0.3, -0.25) is 4.79 Å². The van der Waals surface area contributed by atoms with Crippen molar-refractivity contribution in [3.8, 4) is 0 Å². The van der Waals surface area contributed by atoms with Crippen molar-refractivity contribution in [3.63, 3.8) is 0 Å². The van der Waals surface area contributed by atoms with Gasteiger partial charge in [-0.25, -0.2) is 0 Å².